The van der Waals surface area contributed by atoms with E-state index in [1.807, 2.05) is 38.1 Å². The highest BCUT2D eigenvalue weighted by atomic mass is 16.5. The number of morpholine rings is 1. The molecule has 0 spiro atoms. The van der Waals surface area contributed by atoms with Crippen LogP contribution in [-0.2, 0) is 16.0 Å². The summed E-state index contributed by atoms with van der Waals surface area (Å²) in [5.41, 5.74) is 1.92. The van der Waals surface area contributed by atoms with E-state index in [-0.39, 0.29) is 24.3 Å². The Morgan fingerprint density at radius 3 is 2.81 bits per heavy atom. The number of aryl methyl sites for hydroxylation is 2. The SMILES string of the molecule is Cc1noc(CCC(=O)N2CCOC(c3cc(C(=O)NC(C)C)c4ccccc4n3)C2)n1. The number of hydrogen-bond acceptors (Lipinski definition) is 7. The summed E-state index contributed by atoms with van der Waals surface area (Å²) in [6, 6.07) is 9.33. The second kappa shape index (κ2) is 9.44. The van der Waals surface area contributed by atoms with Crippen LogP contribution in [0.1, 0.15) is 54.1 Å². The van der Waals surface area contributed by atoms with Crippen molar-refractivity contribution in [1.82, 2.24) is 25.3 Å². The molecule has 9 heteroatoms. The number of pyridine rings is 1. The lowest BCUT2D eigenvalue weighted by Crippen LogP contribution is -2.42. The van der Waals surface area contributed by atoms with Crippen LogP contribution in [-0.4, -0.2) is 57.6 Å². The van der Waals surface area contributed by atoms with Gasteiger partial charge in [-0.15, -0.1) is 0 Å². The molecule has 1 unspecified atom stereocenters. The van der Waals surface area contributed by atoms with Gasteiger partial charge in [0.15, 0.2) is 5.82 Å². The van der Waals surface area contributed by atoms with E-state index in [0.29, 0.717) is 49.1 Å². The van der Waals surface area contributed by atoms with Gasteiger partial charge in [-0.3, -0.25) is 9.59 Å². The standard InChI is InChI=1S/C23H27N5O4/c1-14(2)24-23(30)17-12-19(26-18-7-5-4-6-16(17)18)20-13-28(10-11-31-20)22(29)9-8-21-25-15(3)27-32-21/h4-7,12,14,20H,8-11,13H2,1-3H3,(H,24,30). The van der Waals surface area contributed by atoms with Gasteiger partial charge in [0.2, 0.25) is 11.8 Å². The van der Waals surface area contributed by atoms with E-state index in [0.717, 1.165) is 10.9 Å². The number of carbonyl (C=O) groups excluding carboxylic acids is 2. The van der Waals surface area contributed by atoms with Gasteiger partial charge in [-0.1, -0.05) is 23.4 Å². The molecular formula is C23H27N5O4. The Balaban J connectivity index is 1.52. The largest absolute Gasteiger partial charge is 0.368 e. The Hall–Kier alpha value is -3.33. The van der Waals surface area contributed by atoms with Gasteiger partial charge < -0.3 is 19.5 Å². The minimum atomic E-state index is -0.409. The van der Waals surface area contributed by atoms with E-state index in [1.165, 1.54) is 0 Å². The van der Waals surface area contributed by atoms with Gasteiger partial charge in [-0.05, 0) is 32.9 Å². The Morgan fingerprint density at radius 1 is 1.25 bits per heavy atom. The number of para-hydroxylation sites is 1. The lowest BCUT2D eigenvalue weighted by Gasteiger charge is -2.33. The van der Waals surface area contributed by atoms with Gasteiger partial charge in [-0.2, -0.15) is 4.98 Å². The first kappa shape index (κ1) is 21.9. The van der Waals surface area contributed by atoms with Crippen molar-refractivity contribution in [3.63, 3.8) is 0 Å². The van der Waals surface area contributed by atoms with Gasteiger partial charge in [0.1, 0.15) is 6.10 Å². The van der Waals surface area contributed by atoms with Gasteiger partial charge >= 0.3 is 0 Å². The normalized spacial score (nSPS) is 16.5. The van der Waals surface area contributed by atoms with Crippen LogP contribution in [0.2, 0.25) is 0 Å². The van der Waals surface area contributed by atoms with Gasteiger partial charge in [0.05, 0.1) is 29.9 Å². The van der Waals surface area contributed by atoms with Crippen LogP contribution in [0, 0.1) is 6.92 Å². The molecule has 3 aromatic rings. The Kier molecular flexibility index (Phi) is 6.45. The first-order chi connectivity index (χ1) is 15.4. The number of carbonyl (C=O) groups is 2. The summed E-state index contributed by atoms with van der Waals surface area (Å²) in [6.07, 6.45) is 0.269. The van der Waals surface area contributed by atoms with Crippen LogP contribution in [0.25, 0.3) is 10.9 Å². The molecule has 0 aliphatic carbocycles. The van der Waals surface area contributed by atoms with Crippen LogP contribution in [0.15, 0.2) is 34.9 Å². The first-order valence-corrected chi connectivity index (χ1v) is 10.8. The molecule has 2 amide bonds. The monoisotopic (exact) mass is 437 g/mol. The smallest absolute Gasteiger partial charge is 0.252 e. The third kappa shape index (κ3) is 4.94. The average molecular weight is 438 g/mol. The lowest BCUT2D eigenvalue weighted by atomic mass is 10.0. The number of hydrogen-bond donors (Lipinski definition) is 1. The van der Waals surface area contributed by atoms with Crippen molar-refractivity contribution in [3.8, 4) is 0 Å². The fourth-order valence-electron chi connectivity index (χ4n) is 3.76. The highest BCUT2D eigenvalue weighted by Crippen LogP contribution is 2.26. The van der Waals surface area contributed by atoms with E-state index in [2.05, 4.69) is 15.5 Å². The van der Waals surface area contributed by atoms with Crippen LogP contribution in [0.3, 0.4) is 0 Å². The first-order valence-electron chi connectivity index (χ1n) is 10.8. The number of benzene rings is 1. The maximum absolute atomic E-state index is 12.8. The molecule has 1 aliphatic heterocycles. The number of amides is 2. The molecule has 168 valence electrons. The van der Waals surface area contributed by atoms with Crippen molar-refractivity contribution in [3.05, 3.63) is 53.3 Å². The van der Waals surface area contributed by atoms with E-state index in [1.54, 1.807) is 17.9 Å². The zero-order chi connectivity index (χ0) is 22.7. The van der Waals surface area contributed by atoms with Crippen molar-refractivity contribution >= 4 is 22.7 Å². The maximum atomic E-state index is 12.8. The molecule has 3 heterocycles. The third-order valence-electron chi connectivity index (χ3n) is 5.27. The molecule has 1 fully saturated rings. The molecule has 4 rings (SSSR count). The second-order valence-electron chi connectivity index (χ2n) is 8.17. The van der Waals surface area contributed by atoms with E-state index in [9.17, 15) is 9.59 Å². The molecule has 1 aromatic carbocycles. The molecule has 1 N–H and O–H groups in total. The van der Waals surface area contributed by atoms with Gasteiger partial charge in [0.25, 0.3) is 5.91 Å². The van der Waals surface area contributed by atoms with Crippen molar-refractivity contribution in [1.29, 1.82) is 0 Å². The second-order valence-corrected chi connectivity index (χ2v) is 8.17. The Morgan fingerprint density at radius 2 is 2.06 bits per heavy atom. The highest BCUT2D eigenvalue weighted by molar-refractivity contribution is 6.06. The summed E-state index contributed by atoms with van der Waals surface area (Å²) in [5, 5.41) is 7.49. The summed E-state index contributed by atoms with van der Waals surface area (Å²) in [4.78, 5) is 36.2. The third-order valence-corrected chi connectivity index (χ3v) is 5.27. The number of ether oxygens (including phenoxy) is 1. The van der Waals surface area contributed by atoms with E-state index < -0.39 is 6.10 Å². The lowest BCUT2D eigenvalue weighted by molar-refractivity contribution is -0.139. The number of fused-ring (bicyclic) bond motifs is 1. The van der Waals surface area contributed by atoms with Crippen molar-refractivity contribution < 1.29 is 18.8 Å². The van der Waals surface area contributed by atoms with Crippen molar-refractivity contribution in [2.75, 3.05) is 19.7 Å². The topological polar surface area (TPSA) is 110 Å². The number of nitrogens with zero attached hydrogens (tertiary/aromatic N) is 4. The fourth-order valence-corrected chi connectivity index (χ4v) is 3.76. The fraction of sp³-hybridized carbons (Fsp3) is 0.435. The molecule has 9 nitrogen and oxygen atoms in total. The summed E-state index contributed by atoms with van der Waals surface area (Å²) in [5.74, 6) is 0.849. The predicted molar refractivity (Wildman–Crippen MR) is 117 cm³/mol. The van der Waals surface area contributed by atoms with Gasteiger partial charge in [0, 0.05) is 30.8 Å². The molecule has 0 radical (unpaired) electrons. The molecular weight excluding hydrogens is 410 g/mol. The van der Waals surface area contributed by atoms with E-state index in [4.69, 9.17) is 14.2 Å². The number of nitrogens with one attached hydrogen (secondary N) is 1. The highest BCUT2D eigenvalue weighted by Gasteiger charge is 2.28. The Labute approximate surface area is 186 Å². The molecule has 0 saturated carbocycles. The van der Waals surface area contributed by atoms with Crippen LogP contribution in [0.4, 0.5) is 0 Å². The maximum Gasteiger partial charge on any atom is 0.252 e. The van der Waals surface area contributed by atoms with Crippen LogP contribution < -0.4 is 5.32 Å². The molecule has 32 heavy (non-hydrogen) atoms. The van der Waals surface area contributed by atoms with Crippen molar-refractivity contribution in [2.24, 2.45) is 0 Å². The van der Waals surface area contributed by atoms with Gasteiger partial charge in [-0.25, -0.2) is 4.98 Å². The zero-order valence-electron chi connectivity index (χ0n) is 18.5. The number of rotatable bonds is 6. The summed E-state index contributed by atoms with van der Waals surface area (Å²) in [6.45, 7) is 6.87. The summed E-state index contributed by atoms with van der Waals surface area (Å²) in [7, 11) is 0. The molecule has 0 bridgehead atoms. The van der Waals surface area contributed by atoms with E-state index >= 15 is 0 Å². The van der Waals surface area contributed by atoms with Crippen LogP contribution >= 0.6 is 0 Å². The molecule has 1 aliphatic rings. The molecule has 1 saturated heterocycles. The van der Waals surface area contributed by atoms with Crippen molar-refractivity contribution in [2.45, 2.75) is 45.8 Å². The Bertz CT molecular complexity index is 1130. The minimum Gasteiger partial charge on any atom is -0.368 e. The zero-order valence-corrected chi connectivity index (χ0v) is 18.5. The quantitative estimate of drug-likeness (QED) is 0.631. The van der Waals surface area contributed by atoms with Crippen LogP contribution in [0.5, 0.6) is 0 Å². The average Bonchev–Trinajstić information content (AvgIpc) is 3.21. The summed E-state index contributed by atoms with van der Waals surface area (Å²) < 4.78 is 11.0. The molecule has 2 aromatic heterocycles. The minimum absolute atomic E-state index is 0.00674. The predicted octanol–water partition coefficient (Wildman–Crippen LogP) is 2.60. The number of aromatic nitrogens is 3. The summed E-state index contributed by atoms with van der Waals surface area (Å²) >= 11 is 0. The molecule has 1 atom stereocenters.